The van der Waals surface area contributed by atoms with Crippen LogP contribution < -0.4 is 0 Å². The van der Waals surface area contributed by atoms with Crippen LogP contribution in [0.15, 0.2) is 24.3 Å². The van der Waals surface area contributed by atoms with Crippen molar-refractivity contribution in [3.8, 4) is 0 Å². The quantitative estimate of drug-likeness (QED) is 0.444. The van der Waals surface area contributed by atoms with E-state index in [0.717, 1.165) is 23.7 Å². The first-order valence-electron chi connectivity index (χ1n) is 4.22. The summed E-state index contributed by atoms with van der Waals surface area (Å²) in [6.07, 6.45) is 7.61. The topological polar surface area (TPSA) is 0 Å². The normalized spacial score (nSPS) is 55.0. The summed E-state index contributed by atoms with van der Waals surface area (Å²) in [5.74, 6) is 3.77. The molecule has 0 aromatic rings. The van der Waals surface area contributed by atoms with Crippen molar-refractivity contribution in [2.75, 3.05) is 0 Å². The lowest BCUT2D eigenvalue weighted by atomic mass is 9.65. The van der Waals surface area contributed by atoms with Crippen molar-refractivity contribution in [2.24, 2.45) is 23.7 Å². The van der Waals surface area contributed by atoms with Crippen molar-refractivity contribution < 1.29 is 0 Å². The fourth-order valence-electron chi connectivity index (χ4n) is 3.09. The Labute approximate surface area is 61.6 Å². The highest BCUT2D eigenvalue weighted by Crippen LogP contribution is 2.59. The largest absolute Gasteiger partial charge is 0.0995 e. The van der Waals surface area contributed by atoms with Crippen LogP contribution in [0.3, 0.4) is 0 Å². The van der Waals surface area contributed by atoms with E-state index >= 15 is 0 Å². The molecular weight excluding hydrogens is 120 g/mol. The zero-order valence-corrected chi connectivity index (χ0v) is 6.09. The van der Waals surface area contributed by atoms with E-state index in [1.807, 2.05) is 0 Å². The molecule has 4 atom stereocenters. The van der Waals surface area contributed by atoms with Gasteiger partial charge in [-0.3, -0.25) is 0 Å². The molecule has 0 aromatic carbocycles. The second-order valence-corrected chi connectivity index (χ2v) is 4.00. The van der Waals surface area contributed by atoms with E-state index < -0.39 is 0 Å². The molecule has 0 saturated heterocycles. The van der Waals surface area contributed by atoms with Gasteiger partial charge in [0.2, 0.25) is 0 Å². The molecule has 3 rings (SSSR count). The predicted molar refractivity (Wildman–Crippen MR) is 41.5 cm³/mol. The number of fused-ring (bicyclic) bond motifs is 5. The van der Waals surface area contributed by atoms with Crippen LogP contribution in [-0.2, 0) is 0 Å². The van der Waals surface area contributed by atoms with E-state index in [9.17, 15) is 0 Å². The fraction of sp³-hybridized carbons (Fsp3) is 0.600. The van der Waals surface area contributed by atoms with E-state index in [-0.39, 0.29) is 0 Å². The average Bonchev–Trinajstić information content (AvgIpc) is 2.40. The van der Waals surface area contributed by atoms with E-state index in [1.165, 1.54) is 18.4 Å². The molecule has 0 N–H and O–H groups in total. The lowest BCUT2D eigenvalue weighted by Gasteiger charge is -2.40. The Morgan fingerprint density at radius 1 is 1.30 bits per heavy atom. The number of allylic oxidation sites excluding steroid dienone is 3. The average molecular weight is 132 g/mol. The van der Waals surface area contributed by atoms with Gasteiger partial charge in [0.25, 0.3) is 0 Å². The molecule has 0 aromatic heterocycles. The highest BCUT2D eigenvalue weighted by molar-refractivity contribution is 5.29. The molecule has 10 heavy (non-hydrogen) atoms. The molecule has 0 spiro atoms. The molecule has 3 aliphatic rings. The van der Waals surface area contributed by atoms with Gasteiger partial charge in [-0.2, -0.15) is 0 Å². The zero-order chi connectivity index (χ0) is 6.72. The monoisotopic (exact) mass is 132 g/mol. The van der Waals surface area contributed by atoms with Crippen LogP contribution in [-0.4, -0.2) is 0 Å². The molecule has 0 amide bonds. The summed E-state index contributed by atoms with van der Waals surface area (Å²) < 4.78 is 0. The number of hydrogen-bond acceptors (Lipinski definition) is 0. The molecule has 2 bridgehead atoms. The Morgan fingerprint density at radius 2 is 2.10 bits per heavy atom. The van der Waals surface area contributed by atoms with E-state index in [0.29, 0.717) is 0 Å². The van der Waals surface area contributed by atoms with Gasteiger partial charge in [0, 0.05) is 0 Å². The van der Waals surface area contributed by atoms with Crippen molar-refractivity contribution in [1.29, 1.82) is 0 Å². The second kappa shape index (κ2) is 1.39. The second-order valence-electron chi connectivity index (χ2n) is 4.00. The molecule has 0 nitrogen and oxygen atoms in total. The summed E-state index contributed by atoms with van der Waals surface area (Å²) in [5, 5.41) is 0. The Kier molecular flexibility index (Phi) is 0.719. The highest BCUT2D eigenvalue weighted by atomic mass is 14.6. The molecule has 0 radical (unpaired) electrons. The van der Waals surface area contributed by atoms with Crippen molar-refractivity contribution in [1.82, 2.24) is 0 Å². The van der Waals surface area contributed by atoms with Gasteiger partial charge < -0.3 is 0 Å². The molecule has 52 valence electrons. The molecular formula is C10H12. The summed E-state index contributed by atoms with van der Waals surface area (Å²) in [6.45, 7) is 4.09. The molecule has 2 fully saturated rings. The third-order valence-corrected chi connectivity index (χ3v) is 3.59. The van der Waals surface area contributed by atoms with Crippen LogP contribution in [0.25, 0.3) is 0 Å². The first kappa shape index (κ1) is 5.17. The van der Waals surface area contributed by atoms with Crippen molar-refractivity contribution in [2.45, 2.75) is 12.8 Å². The van der Waals surface area contributed by atoms with Gasteiger partial charge in [-0.15, -0.1) is 0 Å². The van der Waals surface area contributed by atoms with E-state index in [1.54, 1.807) is 0 Å². The molecule has 0 heterocycles. The zero-order valence-electron chi connectivity index (χ0n) is 6.09. The van der Waals surface area contributed by atoms with Gasteiger partial charge in [0.15, 0.2) is 0 Å². The summed E-state index contributed by atoms with van der Waals surface area (Å²) >= 11 is 0. The SMILES string of the molecule is C=C1CC2C3C=CC(C3)C12. The Bertz CT molecular complexity index is 224. The van der Waals surface area contributed by atoms with Crippen molar-refractivity contribution in [3.63, 3.8) is 0 Å². The van der Waals surface area contributed by atoms with Gasteiger partial charge >= 0.3 is 0 Å². The molecule has 0 aliphatic heterocycles. The maximum absolute atomic E-state index is 4.09. The summed E-state index contributed by atoms with van der Waals surface area (Å²) in [6, 6.07) is 0. The van der Waals surface area contributed by atoms with Gasteiger partial charge in [-0.1, -0.05) is 24.3 Å². The maximum Gasteiger partial charge on any atom is -0.0106 e. The lowest BCUT2D eigenvalue weighted by Crippen LogP contribution is -2.31. The third-order valence-electron chi connectivity index (χ3n) is 3.59. The van der Waals surface area contributed by atoms with Crippen LogP contribution >= 0.6 is 0 Å². The van der Waals surface area contributed by atoms with E-state index in [4.69, 9.17) is 0 Å². The highest BCUT2D eigenvalue weighted by Gasteiger charge is 2.51. The van der Waals surface area contributed by atoms with Crippen LogP contribution in [0.5, 0.6) is 0 Å². The predicted octanol–water partition coefficient (Wildman–Crippen LogP) is 2.38. The van der Waals surface area contributed by atoms with Crippen LogP contribution in [0.4, 0.5) is 0 Å². The first-order valence-corrected chi connectivity index (χ1v) is 4.22. The maximum atomic E-state index is 4.09. The lowest BCUT2D eigenvalue weighted by molar-refractivity contribution is 0.257. The minimum atomic E-state index is 0.899. The molecule has 0 heteroatoms. The number of rotatable bonds is 0. The minimum Gasteiger partial charge on any atom is -0.0995 e. The van der Waals surface area contributed by atoms with Crippen molar-refractivity contribution in [3.05, 3.63) is 24.3 Å². The van der Waals surface area contributed by atoms with Gasteiger partial charge in [-0.25, -0.2) is 0 Å². The van der Waals surface area contributed by atoms with Crippen molar-refractivity contribution >= 4 is 0 Å². The third kappa shape index (κ3) is 0.387. The van der Waals surface area contributed by atoms with Gasteiger partial charge in [0.1, 0.15) is 0 Å². The van der Waals surface area contributed by atoms with Crippen LogP contribution in [0.2, 0.25) is 0 Å². The molecule has 2 saturated carbocycles. The van der Waals surface area contributed by atoms with Gasteiger partial charge in [-0.05, 0) is 36.5 Å². The minimum absolute atomic E-state index is 0.899. The number of hydrogen-bond donors (Lipinski definition) is 0. The molecule has 3 aliphatic carbocycles. The fourth-order valence-corrected chi connectivity index (χ4v) is 3.09. The van der Waals surface area contributed by atoms with Gasteiger partial charge in [0.05, 0.1) is 0 Å². The summed E-state index contributed by atoms with van der Waals surface area (Å²) in [4.78, 5) is 0. The van der Waals surface area contributed by atoms with Crippen LogP contribution in [0.1, 0.15) is 12.8 Å². The Balaban J connectivity index is 2.03. The Morgan fingerprint density at radius 3 is 2.70 bits per heavy atom. The molecule has 4 unspecified atom stereocenters. The summed E-state index contributed by atoms with van der Waals surface area (Å²) in [7, 11) is 0. The Hall–Kier alpha value is -0.520. The van der Waals surface area contributed by atoms with E-state index in [2.05, 4.69) is 18.7 Å². The first-order chi connectivity index (χ1) is 4.86. The van der Waals surface area contributed by atoms with Crippen LogP contribution in [0, 0.1) is 23.7 Å². The summed E-state index contributed by atoms with van der Waals surface area (Å²) in [5.41, 5.74) is 1.53. The standard InChI is InChI=1S/C10H12/c1-6-4-9-7-2-3-8(5-7)10(6)9/h2-3,7-10H,1,4-5H2. The smallest absolute Gasteiger partial charge is 0.0106 e.